The summed E-state index contributed by atoms with van der Waals surface area (Å²) in [5.41, 5.74) is 0.205. The molecule has 1 N–H and O–H groups in total. The first kappa shape index (κ1) is 13.5. The number of nitrogens with one attached hydrogen (secondary N) is 1. The molecule has 1 saturated heterocycles. The molecule has 1 atom stereocenters. The number of rotatable bonds is 4. The van der Waals surface area contributed by atoms with Gasteiger partial charge in [-0.1, -0.05) is 5.16 Å². The van der Waals surface area contributed by atoms with Gasteiger partial charge in [-0.2, -0.15) is 4.98 Å². The second kappa shape index (κ2) is 5.36. The van der Waals surface area contributed by atoms with Crippen LogP contribution in [0.2, 0.25) is 0 Å². The molecule has 0 spiro atoms. The molecule has 2 rings (SSSR count). The summed E-state index contributed by atoms with van der Waals surface area (Å²) in [5, 5.41) is 7.40. The first-order valence-corrected chi connectivity index (χ1v) is 6.69. The highest BCUT2D eigenvalue weighted by Gasteiger charge is 2.24. The Bertz CT molecular complexity index is 383. The van der Waals surface area contributed by atoms with Crippen molar-refractivity contribution in [2.75, 3.05) is 19.6 Å². The largest absolute Gasteiger partial charge is 0.338 e. The average Bonchev–Trinajstić information content (AvgIpc) is 2.85. The minimum atomic E-state index is 0.205. The fourth-order valence-electron chi connectivity index (χ4n) is 2.27. The molecule has 1 aliphatic heterocycles. The average molecular weight is 252 g/mol. The van der Waals surface area contributed by atoms with Crippen LogP contribution in [0.25, 0.3) is 0 Å². The Kier molecular flexibility index (Phi) is 4.02. The maximum Gasteiger partial charge on any atom is 0.240 e. The van der Waals surface area contributed by atoms with E-state index in [4.69, 9.17) is 4.52 Å². The molecule has 1 aromatic rings. The number of likely N-dealkylation sites (tertiary alicyclic amines) is 1. The van der Waals surface area contributed by atoms with Crippen LogP contribution < -0.4 is 5.32 Å². The molecule has 0 amide bonds. The van der Waals surface area contributed by atoms with Crippen LogP contribution in [0.1, 0.15) is 38.9 Å². The second-order valence-corrected chi connectivity index (χ2v) is 6.26. The highest BCUT2D eigenvalue weighted by molar-refractivity contribution is 4.86. The Hall–Kier alpha value is -0.940. The minimum Gasteiger partial charge on any atom is -0.338 e. The molecular weight excluding hydrogens is 228 g/mol. The summed E-state index contributed by atoms with van der Waals surface area (Å²) in [6.07, 6.45) is 1.25. The summed E-state index contributed by atoms with van der Waals surface area (Å²) in [7, 11) is 0. The topological polar surface area (TPSA) is 54.2 Å². The van der Waals surface area contributed by atoms with Crippen molar-refractivity contribution in [3.8, 4) is 0 Å². The molecule has 102 valence electrons. The van der Waals surface area contributed by atoms with Gasteiger partial charge in [0.05, 0.1) is 6.54 Å². The van der Waals surface area contributed by atoms with Crippen LogP contribution in [0.5, 0.6) is 0 Å². The maximum absolute atomic E-state index is 5.16. The summed E-state index contributed by atoms with van der Waals surface area (Å²) in [4.78, 5) is 6.64. The van der Waals surface area contributed by atoms with Gasteiger partial charge < -0.3 is 9.84 Å². The first-order valence-electron chi connectivity index (χ1n) is 6.69. The molecule has 0 saturated carbocycles. The van der Waals surface area contributed by atoms with E-state index < -0.39 is 0 Å². The van der Waals surface area contributed by atoms with Crippen LogP contribution in [-0.4, -0.2) is 40.2 Å². The number of hydrogen-bond donors (Lipinski definition) is 1. The quantitative estimate of drug-likeness (QED) is 0.882. The lowest BCUT2D eigenvalue weighted by Gasteiger charge is -2.23. The van der Waals surface area contributed by atoms with Crippen LogP contribution in [0.3, 0.4) is 0 Å². The van der Waals surface area contributed by atoms with Gasteiger partial charge in [0, 0.05) is 12.1 Å². The van der Waals surface area contributed by atoms with Gasteiger partial charge in [-0.15, -0.1) is 0 Å². The van der Waals surface area contributed by atoms with E-state index in [-0.39, 0.29) is 5.54 Å². The fraction of sp³-hybridized carbons (Fsp3) is 0.846. The van der Waals surface area contributed by atoms with Crippen LogP contribution in [0.4, 0.5) is 0 Å². The Morgan fingerprint density at radius 3 is 2.83 bits per heavy atom. The molecule has 0 bridgehead atoms. The summed E-state index contributed by atoms with van der Waals surface area (Å²) in [5.74, 6) is 2.18. The Labute approximate surface area is 109 Å². The van der Waals surface area contributed by atoms with E-state index in [1.807, 2.05) is 6.92 Å². The molecule has 0 aliphatic carbocycles. The van der Waals surface area contributed by atoms with Crippen LogP contribution in [0, 0.1) is 12.8 Å². The molecule has 2 heterocycles. The second-order valence-electron chi connectivity index (χ2n) is 6.26. The van der Waals surface area contributed by atoms with Gasteiger partial charge in [-0.05, 0) is 53.1 Å². The normalized spacial score (nSPS) is 21.7. The summed E-state index contributed by atoms with van der Waals surface area (Å²) < 4.78 is 5.16. The van der Waals surface area contributed by atoms with E-state index >= 15 is 0 Å². The van der Waals surface area contributed by atoms with E-state index in [0.717, 1.165) is 43.8 Å². The van der Waals surface area contributed by atoms with Crippen molar-refractivity contribution in [2.45, 2.75) is 46.2 Å². The van der Waals surface area contributed by atoms with Gasteiger partial charge in [0.1, 0.15) is 0 Å². The molecule has 1 aromatic heterocycles. The van der Waals surface area contributed by atoms with Crippen LogP contribution in [-0.2, 0) is 6.54 Å². The van der Waals surface area contributed by atoms with Crippen molar-refractivity contribution in [1.29, 1.82) is 0 Å². The van der Waals surface area contributed by atoms with Crippen molar-refractivity contribution in [2.24, 2.45) is 5.92 Å². The first-order chi connectivity index (χ1) is 8.42. The summed E-state index contributed by atoms with van der Waals surface area (Å²) in [6.45, 7) is 12.6. The van der Waals surface area contributed by atoms with Crippen molar-refractivity contribution >= 4 is 0 Å². The van der Waals surface area contributed by atoms with E-state index in [0.29, 0.717) is 0 Å². The maximum atomic E-state index is 5.16. The highest BCUT2D eigenvalue weighted by Crippen LogP contribution is 2.18. The monoisotopic (exact) mass is 252 g/mol. The third-order valence-electron chi connectivity index (χ3n) is 3.22. The zero-order valence-electron chi connectivity index (χ0n) is 11.9. The Morgan fingerprint density at radius 2 is 2.22 bits per heavy atom. The third kappa shape index (κ3) is 4.07. The number of nitrogens with zero attached hydrogens (tertiary/aromatic N) is 3. The van der Waals surface area contributed by atoms with Gasteiger partial charge in [-0.25, -0.2) is 0 Å². The van der Waals surface area contributed by atoms with Gasteiger partial charge >= 0.3 is 0 Å². The smallest absolute Gasteiger partial charge is 0.240 e. The molecular formula is C13H24N4O. The van der Waals surface area contributed by atoms with Crippen LogP contribution >= 0.6 is 0 Å². The number of aryl methyl sites for hydroxylation is 1. The zero-order valence-corrected chi connectivity index (χ0v) is 11.9. The molecule has 18 heavy (non-hydrogen) atoms. The van der Waals surface area contributed by atoms with Gasteiger partial charge in [0.25, 0.3) is 0 Å². The summed E-state index contributed by atoms with van der Waals surface area (Å²) in [6, 6.07) is 0. The Morgan fingerprint density at radius 1 is 1.44 bits per heavy atom. The molecule has 0 aromatic carbocycles. The zero-order chi connectivity index (χ0) is 13.2. The predicted octanol–water partition coefficient (Wildman–Crippen LogP) is 1.59. The van der Waals surface area contributed by atoms with E-state index in [2.05, 4.69) is 41.1 Å². The van der Waals surface area contributed by atoms with E-state index in [9.17, 15) is 0 Å². The fourth-order valence-corrected chi connectivity index (χ4v) is 2.27. The Balaban J connectivity index is 1.75. The molecule has 5 nitrogen and oxygen atoms in total. The van der Waals surface area contributed by atoms with Crippen molar-refractivity contribution in [3.63, 3.8) is 0 Å². The lowest BCUT2D eigenvalue weighted by molar-refractivity contribution is 0.256. The number of aromatic nitrogens is 2. The minimum absolute atomic E-state index is 0.205. The third-order valence-corrected chi connectivity index (χ3v) is 3.22. The van der Waals surface area contributed by atoms with Gasteiger partial charge in [-0.3, -0.25) is 4.90 Å². The highest BCUT2D eigenvalue weighted by atomic mass is 16.5. The van der Waals surface area contributed by atoms with Gasteiger partial charge in [0.2, 0.25) is 5.89 Å². The molecule has 1 aliphatic rings. The predicted molar refractivity (Wildman–Crippen MR) is 70.2 cm³/mol. The SMILES string of the molecule is Cc1noc(CN2CCC(CNC(C)(C)C)C2)n1. The van der Waals surface area contributed by atoms with Crippen molar-refractivity contribution in [1.82, 2.24) is 20.4 Å². The lowest BCUT2D eigenvalue weighted by atomic mass is 10.1. The molecule has 1 fully saturated rings. The van der Waals surface area contributed by atoms with Gasteiger partial charge in [0.15, 0.2) is 5.82 Å². The summed E-state index contributed by atoms with van der Waals surface area (Å²) >= 11 is 0. The van der Waals surface area contributed by atoms with Crippen molar-refractivity contribution in [3.05, 3.63) is 11.7 Å². The standard InChI is InChI=1S/C13H24N4O/c1-10-15-12(18-16-10)9-17-6-5-11(8-17)7-14-13(2,3)4/h11,14H,5-9H2,1-4H3. The molecule has 1 unspecified atom stereocenters. The number of hydrogen-bond acceptors (Lipinski definition) is 5. The van der Waals surface area contributed by atoms with E-state index in [1.165, 1.54) is 6.42 Å². The lowest BCUT2D eigenvalue weighted by Crippen LogP contribution is -2.39. The van der Waals surface area contributed by atoms with Crippen molar-refractivity contribution < 1.29 is 4.52 Å². The van der Waals surface area contributed by atoms with E-state index in [1.54, 1.807) is 0 Å². The molecule has 5 heteroatoms. The molecule has 0 radical (unpaired) electrons. The van der Waals surface area contributed by atoms with Crippen LogP contribution in [0.15, 0.2) is 4.52 Å².